The first-order chi connectivity index (χ1) is 9.15. The lowest BCUT2D eigenvalue weighted by Gasteiger charge is -2.16. The van der Waals surface area contributed by atoms with E-state index in [0.717, 1.165) is 0 Å². The quantitative estimate of drug-likeness (QED) is 0.824. The van der Waals surface area contributed by atoms with E-state index in [2.05, 4.69) is 4.72 Å². The summed E-state index contributed by atoms with van der Waals surface area (Å²) >= 11 is 0. The van der Waals surface area contributed by atoms with Crippen molar-refractivity contribution in [1.29, 1.82) is 5.26 Å². The van der Waals surface area contributed by atoms with Gasteiger partial charge in [0.1, 0.15) is 0 Å². The largest absolute Gasteiger partial charge is 0.478 e. The van der Waals surface area contributed by atoms with Crippen molar-refractivity contribution in [2.45, 2.75) is 19.6 Å². The van der Waals surface area contributed by atoms with Crippen LogP contribution in [0.25, 0.3) is 0 Å². The highest BCUT2D eigenvalue weighted by Crippen LogP contribution is 2.13. The van der Waals surface area contributed by atoms with Gasteiger partial charge in [-0.3, -0.25) is 0 Å². The van der Waals surface area contributed by atoms with Crippen molar-refractivity contribution < 1.29 is 18.3 Å². The molecule has 0 heterocycles. The maximum atomic E-state index is 11.9. The molecule has 1 rings (SSSR count). The summed E-state index contributed by atoms with van der Waals surface area (Å²) in [7, 11) is -3.61. The number of nitrogens with zero attached hydrogens (tertiary/aromatic N) is 1. The zero-order valence-electron chi connectivity index (χ0n) is 11.3. The van der Waals surface area contributed by atoms with E-state index >= 15 is 0 Å². The molecular weight excluding hydrogens is 280 g/mol. The third-order valence-corrected chi connectivity index (χ3v) is 3.86. The summed E-state index contributed by atoms with van der Waals surface area (Å²) < 4.78 is 26.1. The van der Waals surface area contributed by atoms with E-state index in [-0.39, 0.29) is 17.9 Å². The van der Waals surface area contributed by atoms with Crippen molar-refractivity contribution in [3.05, 3.63) is 35.4 Å². The number of nitrogens with one attached hydrogen (secondary N) is 1. The minimum atomic E-state index is -3.61. The van der Waals surface area contributed by atoms with Gasteiger partial charge < -0.3 is 5.11 Å². The molecule has 1 aromatic carbocycles. The minimum absolute atomic E-state index is 0.00442. The van der Waals surface area contributed by atoms with Crippen LogP contribution in [0, 0.1) is 16.7 Å². The molecule has 0 aliphatic rings. The Morgan fingerprint density at radius 1 is 1.45 bits per heavy atom. The van der Waals surface area contributed by atoms with E-state index in [1.165, 1.54) is 18.2 Å². The highest BCUT2D eigenvalue weighted by molar-refractivity contribution is 7.88. The van der Waals surface area contributed by atoms with Crippen LogP contribution in [-0.2, 0) is 15.8 Å². The Morgan fingerprint density at radius 2 is 2.10 bits per heavy atom. The lowest BCUT2D eigenvalue weighted by molar-refractivity contribution is 0.0696. The van der Waals surface area contributed by atoms with E-state index in [9.17, 15) is 13.2 Å². The van der Waals surface area contributed by atoms with Crippen LogP contribution in [0.1, 0.15) is 29.8 Å². The Labute approximate surface area is 118 Å². The number of rotatable bonds is 6. The van der Waals surface area contributed by atoms with Crippen LogP contribution in [0.5, 0.6) is 0 Å². The van der Waals surface area contributed by atoms with Crippen LogP contribution < -0.4 is 4.72 Å². The van der Waals surface area contributed by atoms with Crippen LogP contribution in [0.2, 0.25) is 0 Å². The number of hydrogen-bond acceptors (Lipinski definition) is 4. The molecule has 108 valence electrons. The molecule has 0 unspecified atom stereocenters. The van der Waals surface area contributed by atoms with E-state index in [0.29, 0.717) is 5.56 Å². The van der Waals surface area contributed by atoms with Crippen LogP contribution in [-0.4, -0.2) is 26.0 Å². The van der Waals surface area contributed by atoms with Crippen molar-refractivity contribution in [2.24, 2.45) is 5.41 Å². The molecule has 6 nitrogen and oxygen atoms in total. The van der Waals surface area contributed by atoms with Crippen LogP contribution in [0.15, 0.2) is 24.3 Å². The molecule has 0 aromatic heterocycles. The lowest BCUT2D eigenvalue weighted by atomic mass is 9.97. The Kier molecular flexibility index (Phi) is 4.87. The number of carbonyl (C=O) groups is 1. The smallest absolute Gasteiger partial charge is 0.335 e. The number of hydrogen-bond donors (Lipinski definition) is 2. The summed E-state index contributed by atoms with van der Waals surface area (Å²) in [5.41, 5.74) is -0.377. The second kappa shape index (κ2) is 6.03. The SMILES string of the molecule is CC(C)(C#N)CNS(=O)(=O)Cc1cccc(C(=O)O)c1. The molecule has 0 bridgehead atoms. The van der Waals surface area contributed by atoms with Gasteiger partial charge in [-0.05, 0) is 31.5 Å². The molecule has 0 atom stereocenters. The number of carboxylic acids is 1. The molecule has 0 saturated heterocycles. The van der Waals surface area contributed by atoms with Gasteiger partial charge in [0, 0.05) is 6.54 Å². The zero-order valence-corrected chi connectivity index (χ0v) is 12.1. The van der Waals surface area contributed by atoms with Gasteiger partial charge >= 0.3 is 5.97 Å². The van der Waals surface area contributed by atoms with Crippen molar-refractivity contribution in [3.63, 3.8) is 0 Å². The van der Waals surface area contributed by atoms with Crippen LogP contribution in [0.3, 0.4) is 0 Å². The van der Waals surface area contributed by atoms with Gasteiger partial charge in [-0.2, -0.15) is 5.26 Å². The molecule has 2 N–H and O–H groups in total. The summed E-state index contributed by atoms with van der Waals surface area (Å²) in [6.07, 6.45) is 0. The predicted molar refractivity (Wildman–Crippen MR) is 73.4 cm³/mol. The van der Waals surface area contributed by atoms with Crippen molar-refractivity contribution in [3.8, 4) is 6.07 Å². The van der Waals surface area contributed by atoms with E-state index in [1.54, 1.807) is 19.9 Å². The van der Waals surface area contributed by atoms with Gasteiger partial charge in [-0.25, -0.2) is 17.9 Å². The number of aromatic carboxylic acids is 1. The third-order valence-electron chi connectivity index (χ3n) is 2.57. The van der Waals surface area contributed by atoms with Gasteiger partial charge in [0.25, 0.3) is 0 Å². The van der Waals surface area contributed by atoms with Crippen molar-refractivity contribution in [1.82, 2.24) is 4.72 Å². The first kappa shape index (κ1) is 16.1. The normalized spacial score (nSPS) is 11.8. The maximum Gasteiger partial charge on any atom is 0.335 e. The number of sulfonamides is 1. The summed E-state index contributed by atoms with van der Waals surface area (Å²) in [5.74, 6) is -1.43. The molecule has 0 amide bonds. The topological polar surface area (TPSA) is 107 Å². The summed E-state index contributed by atoms with van der Waals surface area (Å²) in [5, 5.41) is 17.7. The van der Waals surface area contributed by atoms with Gasteiger partial charge in [-0.1, -0.05) is 12.1 Å². The van der Waals surface area contributed by atoms with Gasteiger partial charge in [0.15, 0.2) is 0 Å². The first-order valence-corrected chi connectivity index (χ1v) is 7.51. The Hall–Kier alpha value is -1.91. The Morgan fingerprint density at radius 3 is 2.65 bits per heavy atom. The molecular formula is C13H16N2O4S. The molecule has 0 radical (unpaired) electrons. The van der Waals surface area contributed by atoms with E-state index in [4.69, 9.17) is 10.4 Å². The number of carboxylic acid groups (broad SMARTS) is 1. The van der Waals surface area contributed by atoms with Gasteiger partial charge in [0.2, 0.25) is 10.0 Å². The molecule has 0 saturated carbocycles. The number of benzene rings is 1. The average molecular weight is 296 g/mol. The van der Waals surface area contributed by atoms with Gasteiger partial charge in [0.05, 0.1) is 22.8 Å². The zero-order chi connectivity index (χ0) is 15.4. The second-order valence-corrected chi connectivity index (χ2v) is 6.89. The lowest BCUT2D eigenvalue weighted by Crippen LogP contribution is -2.34. The van der Waals surface area contributed by atoms with E-state index < -0.39 is 21.4 Å². The van der Waals surface area contributed by atoms with Gasteiger partial charge in [-0.15, -0.1) is 0 Å². The molecule has 20 heavy (non-hydrogen) atoms. The molecule has 0 aliphatic heterocycles. The Balaban J connectivity index is 2.79. The Bertz CT molecular complexity index is 645. The van der Waals surface area contributed by atoms with Crippen LogP contribution in [0.4, 0.5) is 0 Å². The molecule has 1 aromatic rings. The fourth-order valence-electron chi connectivity index (χ4n) is 1.39. The minimum Gasteiger partial charge on any atom is -0.478 e. The predicted octanol–water partition coefficient (Wildman–Crippen LogP) is 1.35. The highest BCUT2D eigenvalue weighted by atomic mass is 32.2. The average Bonchev–Trinajstić information content (AvgIpc) is 2.36. The fraction of sp³-hybridized carbons (Fsp3) is 0.385. The van der Waals surface area contributed by atoms with E-state index in [1.807, 2.05) is 6.07 Å². The molecule has 0 aliphatic carbocycles. The third kappa shape index (κ3) is 4.99. The standard InChI is InChI=1S/C13H16N2O4S/c1-13(2,8-14)9-15-20(18,19)7-10-4-3-5-11(6-10)12(16)17/h3-6,15H,7,9H2,1-2H3,(H,16,17). The summed E-state index contributed by atoms with van der Waals surface area (Å²) in [6, 6.07) is 7.74. The van der Waals surface area contributed by atoms with Crippen LogP contribution >= 0.6 is 0 Å². The monoisotopic (exact) mass is 296 g/mol. The first-order valence-electron chi connectivity index (χ1n) is 5.86. The fourth-order valence-corrected chi connectivity index (χ4v) is 2.70. The summed E-state index contributed by atoms with van der Waals surface area (Å²) in [6.45, 7) is 3.26. The highest BCUT2D eigenvalue weighted by Gasteiger charge is 2.21. The maximum absolute atomic E-state index is 11.9. The van der Waals surface area contributed by atoms with Crippen molar-refractivity contribution in [2.75, 3.05) is 6.54 Å². The second-order valence-electron chi connectivity index (χ2n) is 5.08. The number of nitriles is 1. The molecule has 0 fully saturated rings. The molecule has 0 spiro atoms. The summed E-state index contributed by atoms with van der Waals surface area (Å²) in [4.78, 5) is 10.8. The molecule has 7 heteroatoms. The van der Waals surface area contributed by atoms with Crippen molar-refractivity contribution >= 4 is 16.0 Å².